The second-order valence-electron chi connectivity index (χ2n) is 5.96. The Morgan fingerprint density at radius 3 is 2.53 bits per heavy atom. The molecule has 1 unspecified atom stereocenters. The second kappa shape index (κ2) is 4.05. The molecule has 1 aliphatic carbocycles. The average Bonchev–Trinajstić information content (AvgIpc) is 2.49. The van der Waals surface area contributed by atoms with Crippen molar-refractivity contribution >= 4 is 0 Å². The molecule has 94 valence electrons. The van der Waals surface area contributed by atoms with Crippen molar-refractivity contribution in [3.05, 3.63) is 35.4 Å². The molecule has 1 aromatic rings. The standard InChI is InChI=1S/C14H18F2O/c1-13(2)6-7-14(17,9-13)8-10-4-3-5-11(15)12(10)16/h3-5,17H,6-9H2,1-2H3. The normalized spacial score (nSPS) is 27.4. The Hall–Kier alpha value is -0.960. The lowest BCUT2D eigenvalue weighted by molar-refractivity contribution is 0.0369. The van der Waals surface area contributed by atoms with E-state index < -0.39 is 17.2 Å². The first kappa shape index (κ1) is 12.5. The molecule has 0 heterocycles. The van der Waals surface area contributed by atoms with Gasteiger partial charge < -0.3 is 5.11 Å². The first-order chi connectivity index (χ1) is 7.81. The number of rotatable bonds is 2. The molecule has 1 nitrogen and oxygen atoms in total. The molecule has 2 rings (SSSR count). The lowest BCUT2D eigenvalue weighted by Gasteiger charge is -2.25. The molecule has 17 heavy (non-hydrogen) atoms. The molecular formula is C14H18F2O. The fourth-order valence-electron chi connectivity index (χ4n) is 2.83. The second-order valence-corrected chi connectivity index (χ2v) is 5.96. The van der Waals surface area contributed by atoms with Crippen molar-refractivity contribution < 1.29 is 13.9 Å². The highest BCUT2D eigenvalue weighted by Gasteiger charge is 2.42. The Labute approximate surface area is 100 Å². The summed E-state index contributed by atoms with van der Waals surface area (Å²) in [4.78, 5) is 0. The average molecular weight is 240 g/mol. The minimum atomic E-state index is -0.891. The molecule has 0 aliphatic heterocycles. The SMILES string of the molecule is CC1(C)CCC(O)(Cc2cccc(F)c2F)C1. The highest BCUT2D eigenvalue weighted by molar-refractivity contribution is 5.21. The van der Waals surface area contributed by atoms with Gasteiger partial charge in [-0.2, -0.15) is 0 Å². The minimum absolute atomic E-state index is 0.0819. The van der Waals surface area contributed by atoms with Gasteiger partial charge in [0.15, 0.2) is 11.6 Å². The van der Waals surface area contributed by atoms with Crippen molar-refractivity contribution in [2.75, 3.05) is 0 Å². The quantitative estimate of drug-likeness (QED) is 0.839. The van der Waals surface area contributed by atoms with Gasteiger partial charge in [-0.05, 0) is 36.3 Å². The summed E-state index contributed by atoms with van der Waals surface area (Å²) in [6.45, 7) is 4.18. The Bertz CT molecular complexity index is 428. The molecule has 1 atom stereocenters. The van der Waals surface area contributed by atoms with Gasteiger partial charge in [-0.25, -0.2) is 8.78 Å². The third kappa shape index (κ3) is 2.65. The third-order valence-corrected chi connectivity index (χ3v) is 3.63. The number of aliphatic hydroxyl groups is 1. The van der Waals surface area contributed by atoms with E-state index in [0.29, 0.717) is 12.8 Å². The zero-order valence-electron chi connectivity index (χ0n) is 10.3. The lowest BCUT2D eigenvalue weighted by Crippen LogP contribution is -2.29. The van der Waals surface area contributed by atoms with Crippen LogP contribution in [0.4, 0.5) is 8.78 Å². The summed E-state index contributed by atoms with van der Waals surface area (Å²) in [6.07, 6.45) is 2.40. The van der Waals surface area contributed by atoms with E-state index in [1.165, 1.54) is 6.07 Å². The summed E-state index contributed by atoms with van der Waals surface area (Å²) >= 11 is 0. The van der Waals surface area contributed by atoms with Crippen molar-refractivity contribution in [3.8, 4) is 0 Å². The largest absolute Gasteiger partial charge is 0.390 e. The summed E-state index contributed by atoms with van der Waals surface area (Å²) in [5, 5.41) is 10.4. The topological polar surface area (TPSA) is 20.2 Å². The van der Waals surface area contributed by atoms with Crippen molar-refractivity contribution in [2.45, 2.75) is 45.1 Å². The van der Waals surface area contributed by atoms with E-state index in [-0.39, 0.29) is 17.4 Å². The summed E-state index contributed by atoms with van der Waals surface area (Å²) < 4.78 is 26.6. The van der Waals surface area contributed by atoms with Crippen LogP contribution < -0.4 is 0 Å². The molecule has 0 spiro atoms. The summed E-state index contributed by atoms with van der Waals surface area (Å²) in [5.74, 6) is -1.67. The molecule has 3 heteroatoms. The number of hydrogen-bond donors (Lipinski definition) is 1. The van der Waals surface area contributed by atoms with Crippen LogP contribution in [0, 0.1) is 17.0 Å². The van der Waals surface area contributed by atoms with Crippen LogP contribution in [0.1, 0.15) is 38.7 Å². The van der Waals surface area contributed by atoms with Crippen molar-refractivity contribution in [1.29, 1.82) is 0 Å². The lowest BCUT2D eigenvalue weighted by atomic mass is 9.86. The Morgan fingerprint density at radius 2 is 1.94 bits per heavy atom. The van der Waals surface area contributed by atoms with Crippen LogP contribution in [-0.2, 0) is 6.42 Å². The predicted octanol–water partition coefficient (Wildman–Crippen LogP) is 3.45. The summed E-state index contributed by atoms with van der Waals surface area (Å²) in [7, 11) is 0. The number of hydrogen-bond acceptors (Lipinski definition) is 1. The maximum atomic E-state index is 13.5. The Kier molecular flexibility index (Phi) is 2.98. The van der Waals surface area contributed by atoms with Gasteiger partial charge in [0.2, 0.25) is 0 Å². The molecule has 0 aromatic heterocycles. The van der Waals surface area contributed by atoms with Gasteiger partial charge in [0, 0.05) is 6.42 Å². The Morgan fingerprint density at radius 1 is 1.24 bits per heavy atom. The highest BCUT2D eigenvalue weighted by atomic mass is 19.2. The predicted molar refractivity (Wildman–Crippen MR) is 62.6 cm³/mol. The maximum absolute atomic E-state index is 13.5. The van der Waals surface area contributed by atoms with E-state index in [1.807, 2.05) is 0 Å². The summed E-state index contributed by atoms with van der Waals surface area (Å²) in [5.41, 5.74) is -0.540. The van der Waals surface area contributed by atoms with Crippen LogP contribution in [0.2, 0.25) is 0 Å². The van der Waals surface area contributed by atoms with Gasteiger partial charge >= 0.3 is 0 Å². The maximum Gasteiger partial charge on any atom is 0.162 e. The van der Waals surface area contributed by atoms with E-state index >= 15 is 0 Å². The van der Waals surface area contributed by atoms with Gasteiger partial charge in [-0.3, -0.25) is 0 Å². The Balaban J connectivity index is 2.19. The molecule has 1 aromatic carbocycles. The van der Waals surface area contributed by atoms with Crippen molar-refractivity contribution in [3.63, 3.8) is 0 Å². The number of halogens is 2. The molecule has 1 fully saturated rings. The van der Waals surface area contributed by atoms with Gasteiger partial charge in [-0.1, -0.05) is 26.0 Å². The third-order valence-electron chi connectivity index (χ3n) is 3.63. The zero-order chi connectivity index (χ0) is 12.7. The highest BCUT2D eigenvalue weighted by Crippen LogP contribution is 2.45. The molecule has 0 amide bonds. The molecule has 0 saturated heterocycles. The van der Waals surface area contributed by atoms with Gasteiger partial charge in [0.1, 0.15) is 0 Å². The van der Waals surface area contributed by atoms with Gasteiger partial charge in [0.05, 0.1) is 5.60 Å². The molecule has 1 saturated carbocycles. The van der Waals surface area contributed by atoms with Crippen LogP contribution in [0.3, 0.4) is 0 Å². The van der Waals surface area contributed by atoms with Crippen molar-refractivity contribution in [2.24, 2.45) is 5.41 Å². The fourth-order valence-corrected chi connectivity index (χ4v) is 2.83. The van der Waals surface area contributed by atoms with E-state index in [0.717, 1.165) is 12.5 Å². The molecule has 0 radical (unpaired) electrons. The van der Waals surface area contributed by atoms with Crippen LogP contribution >= 0.6 is 0 Å². The summed E-state index contributed by atoms with van der Waals surface area (Å²) in [6, 6.07) is 4.13. The fraction of sp³-hybridized carbons (Fsp3) is 0.571. The van der Waals surface area contributed by atoms with E-state index in [9.17, 15) is 13.9 Å². The molecule has 0 bridgehead atoms. The first-order valence-corrected chi connectivity index (χ1v) is 5.97. The monoisotopic (exact) mass is 240 g/mol. The first-order valence-electron chi connectivity index (χ1n) is 5.97. The van der Waals surface area contributed by atoms with Crippen LogP contribution in [0.25, 0.3) is 0 Å². The van der Waals surface area contributed by atoms with E-state index in [2.05, 4.69) is 13.8 Å². The van der Waals surface area contributed by atoms with Crippen LogP contribution in [-0.4, -0.2) is 10.7 Å². The van der Waals surface area contributed by atoms with Gasteiger partial charge in [0.25, 0.3) is 0 Å². The molecule has 1 N–H and O–H groups in total. The van der Waals surface area contributed by atoms with E-state index in [1.54, 1.807) is 6.07 Å². The van der Waals surface area contributed by atoms with E-state index in [4.69, 9.17) is 0 Å². The smallest absolute Gasteiger partial charge is 0.162 e. The molecular weight excluding hydrogens is 222 g/mol. The van der Waals surface area contributed by atoms with Crippen LogP contribution in [0.15, 0.2) is 18.2 Å². The molecule has 1 aliphatic rings. The van der Waals surface area contributed by atoms with Crippen molar-refractivity contribution in [1.82, 2.24) is 0 Å². The van der Waals surface area contributed by atoms with Crippen LogP contribution in [0.5, 0.6) is 0 Å². The minimum Gasteiger partial charge on any atom is -0.390 e. The van der Waals surface area contributed by atoms with Gasteiger partial charge in [-0.15, -0.1) is 0 Å². The zero-order valence-corrected chi connectivity index (χ0v) is 10.3. The number of benzene rings is 1.